The minimum atomic E-state index is -0.0697. The van der Waals surface area contributed by atoms with Crippen LogP contribution >= 0.6 is 0 Å². The molecular weight excluding hydrogens is 188 g/mol. The number of nitrogens with zero attached hydrogens (tertiary/aromatic N) is 2. The molecule has 88 valence electrons. The van der Waals surface area contributed by atoms with E-state index in [4.69, 9.17) is 0 Å². The maximum Gasteiger partial charge on any atom is 0.0667 e. The molecule has 0 bridgehead atoms. The Labute approximate surface area is 93.1 Å². The summed E-state index contributed by atoms with van der Waals surface area (Å²) in [6, 6.07) is 0.727. The molecule has 0 radical (unpaired) electrons. The number of rotatable bonds is 1. The number of β-amino-alcohol motifs (C(OH)–C–C–N with tert-alkyl or cyclic N) is 1. The zero-order valence-electron chi connectivity index (χ0n) is 9.86. The highest BCUT2D eigenvalue weighted by Gasteiger charge is 2.25. The van der Waals surface area contributed by atoms with E-state index in [0.29, 0.717) is 0 Å². The summed E-state index contributed by atoms with van der Waals surface area (Å²) in [5.74, 6) is 0. The third-order valence-corrected chi connectivity index (χ3v) is 3.87. The van der Waals surface area contributed by atoms with Crippen LogP contribution < -0.4 is 0 Å². The maximum atomic E-state index is 9.68. The van der Waals surface area contributed by atoms with Gasteiger partial charge in [0.2, 0.25) is 0 Å². The quantitative estimate of drug-likeness (QED) is 0.700. The highest BCUT2D eigenvalue weighted by atomic mass is 16.3. The van der Waals surface area contributed by atoms with Crippen LogP contribution in [0, 0.1) is 0 Å². The topological polar surface area (TPSA) is 26.7 Å². The molecule has 2 rings (SSSR count). The summed E-state index contributed by atoms with van der Waals surface area (Å²) >= 11 is 0. The smallest absolute Gasteiger partial charge is 0.0667 e. The van der Waals surface area contributed by atoms with Crippen LogP contribution in [0.4, 0.5) is 0 Å². The van der Waals surface area contributed by atoms with Crippen molar-refractivity contribution in [3.05, 3.63) is 0 Å². The van der Waals surface area contributed by atoms with Crippen molar-refractivity contribution in [2.45, 2.75) is 44.2 Å². The van der Waals surface area contributed by atoms with Gasteiger partial charge in [0.05, 0.1) is 6.10 Å². The molecule has 2 aliphatic heterocycles. The van der Waals surface area contributed by atoms with Crippen molar-refractivity contribution in [1.29, 1.82) is 0 Å². The second kappa shape index (κ2) is 5.28. The largest absolute Gasteiger partial charge is 0.392 e. The lowest BCUT2D eigenvalue weighted by molar-refractivity contribution is 0.0425. The molecule has 0 spiro atoms. The third kappa shape index (κ3) is 3.16. The Hall–Kier alpha value is -0.120. The summed E-state index contributed by atoms with van der Waals surface area (Å²) in [4.78, 5) is 4.95. The molecule has 0 aromatic rings. The monoisotopic (exact) mass is 212 g/mol. The van der Waals surface area contributed by atoms with Gasteiger partial charge in [0, 0.05) is 12.6 Å². The Bertz CT molecular complexity index is 198. The fourth-order valence-electron chi connectivity index (χ4n) is 2.90. The second-order valence-corrected chi connectivity index (χ2v) is 5.18. The van der Waals surface area contributed by atoms with E-state index in [2.05, 4.69) is 16.8 Å². The van der Waals surface area contributed by atoms with Gasteiger partial charge in [-0.1, -0.05) is 0 Å². The number of piperidine rings is 1. The first-order valence-corrected chi connectivity index (χ1v) is 6.36. The van der Waals surface area contributed by atoms with Crippen molar-refractivity contribution >= 4 is 0 Å². The average Bonchev–Trinajstić information content (AvgIpc) is 2.43. The van der Waals surface area contributed by atoms with Crippen molar-refractivity contribution in [1.82, 2.24) is 9.80 Å². The minimum Gasteiger partial charge on any atom is -0.392 e. The number of likely N-dealkylation sites (tertiary alicyclic amines) is 2. The summed E-state index contributed by atoms with van der Waals surface area (Å²) < 4.78 is 0. The van der Waals surface area contributed by atoms with E-state index in [1.807, 2.05) is 0 Å². The van der Waals surface area contributed by atoms with E-state index in [1.165, 1.54) is 45.3 Å². The van der Waals surface area contributed by atoms with Gasteiger partial charge in [-0.25, -0.2) is 0 Å². The number of aliphatic hydroxyl groups is 1. The Kier molecular flexibility index (Phi) is 4.00. The number of hydrogen-bond acceptors (Lipinski definition) is 3. The molecule has 3 nitrogen and oxygen atoms in total. The van der Waals surface area contributed by atoms with Crippen LogP contribution in [0.15, 0.2) is 0 Å². The third-order valence-electron chi connectivity index (χ3n) is 3.87. The van der Waals surface area contributed by atoms with Crippen molar-refractivity contribution in [2.75, 3.05) is 33.2 Å². The van der Waals surface area contributed by atoms with Crippen LogP contribution in [-0.2, 0) is 0 Å². The van der Waals surface area contributed by atoms with E-state index >= 15 is 0 Å². The van der Waals surface area contributed by atoms with Crippen LogP contribution in [-0.4, -0.2) is 60.3 Å². The Balaban J connectivity index is 1.85. The Morgan fingerprint density at radius 2 is 1.80 bits per heavy atom. The molecule has 0 aliphatic carbocycles. The number of hydrogen-bond donors (Lipinski definition) is 1. The van der Waals surface area contributed by atoms with E-state index in [9.17, 15) is 5.11 Å². The summed E-state index contributed by atoms with van der Waals surface area (Å²) in [5.41, 5.74) is 0. The lowest BCUT2D eigenvalue weighted by Gasteiger charge is -2.36. The summed E-state index contributed by atoms with van der Waals surface area (Å²) in [7, 11) is 2.22. The van der Waals surface area contributed by atoms with Gasteiger partial charge in [-0.2, -0.15) is 0 Å². The zero-order valence-corrected chi connectivity index (χ0v) is 9.86. The molecule has 1 N–H and O–H groups in total. The van der Waals surface area contributed by atoms with Crippen LogP contribution in [0.3, 0.4) is 0 Å². The molecule has 0 saturated carbocycles. The van der Waals surface area contributed by atoms with Crippen molar-refractivity contribution < 1.29 is 5.11 Å². The molecule has 0 amide bonds. The summed E-state index contributed by atoms with van der Waals surface area (Å²) in [6.07, 6.45) is 6.02. The highest BCUT2D eigenvalue weighted by Crippen LogP contribution is 2.20. The maximum absolute atomic E-state index is 9.68. The molecule has 3 heteroatoms. The normalized spacial score (nSPS) is 36.4. The van der Waals surface area contributed by atoms with E-state index < -0.39 is 0 Å². The molecule has 2 saturated heterocycles. The first kappa shape index (κ1) is 11.4. The molecule has 2 aliphatic rings. The average molecular weight is 212 g/mol. The molecule has 2 heterocycles. The first-order valence-electron chi connectivity index (χ1n) is 6.36. The van der Waals surface area contributed by atoms with Gasteiger partial charge < -0.3 is 10.0 Å². The minimum absolute atomic E-state index is 0.0697. The molecule has 0 aromatic carbocycles. The lowest BCUT2D eigenvalue weighted by atomic mass is 10.0. The Morgan fingerprint density at radius 3 is 2.60 bits per heavy atom. The van der Waals surface area contributed by atoms with Crippen LogP contribution in [0.25, 0.3) is 0 Å². The van der Waals surface area contributed by atoms with Gasteiger partial charge in [-0.05, 0) is 58.8 Å². The van der Waals surface area contributed by atoms with Crippen LogP contribution in [0.5, 0.6) is 0 Å². The molecule has 0 aromatic heterocycles. The number of aliphatic hydroxyl groups excluding tert-OH is 1. The molecule has 2 fully saturated rings. The predicted molar refractivity (Wildman–Crippen MR) is 61.9 cm³/mol. The summed E-state index contributed by atoms with van der Waals surface area (Å²) in [5, 5.41) is 9.68. The zero-order chi connectivity index (χ0) is 10.7. The Morgan fingerprint density at radius 1 is 1.00 bits per heavy atom. The van der Waals surface area contributed by atoms with E-state index in [1.54, 1.807) is 0 Å². The molecule has 15 heavy (non-hydrogen) atoms. The standard InChI is InChI=1S/C12H24N2O/c1-13-7-2-4-11(6-9-13)14-8-3-5-12(15)10-14/h11-12,15H,2-10H2,1H3. The lowest BCUT2D eigenvalue weighted by Crippen LogP contribution is -2.44. The second-order valence-electron chi connectivity index (χ2n) is 5.18. The first-order chi connectivity index (χ1) is 7.25. The SMILES string of the molecule is CN1CCCC(N2CCCC(O)C2)CC1. The molecule has 2 atom stereocenters. The predicted octanol–water partition coefficient (Wildman–Crippen LogP) is 0.927. The van der Waals surface area contributed by atoms with Crippen molar-refractivity contribution in [2.24, 2.45) is 0 Å². The van der Waals surface area contributed by atoms with Crippen molar-refractivity contribution in [3.8, 4) is 0 Å². The molecular formula is C12H24N2O. The fraction of sp³-hybridized carbons (Fsp3) is 1.00. The van der Waals surface area contributed by atoms with Gasteiger partial charge in [0.25, 0.3) is 0 Å². The highest BCUT2D eigenvalue weighted by molar-refractivity contribution is 4.81. The van der Waals surface area contributed by atoms with Gasteiger partial charge in [0.15, 0.2) is 0 Å². The van der Waals surface area contributed by atoms with Crippen LogP contribution in [0.2, 0.25) is 0 Å². The van der Waals surface area contributed by atoms with E-state index in [-0.39, 0.29) is 6.10 Å². The van der Waals surface area contributed by atoms with Gasteiger partial charge in [0.1, 0.15) is 0 Å². The fourth-order valence-corrected chi connectivity index (χ4v) is 2.90. The van der Waals surface area contributed by atoms with Gasteiger partial charge in [-0.3, -0.25) is 4.90 Å². The van der Waals surface area contributed by atoms with Gasteiger partial charge >= 0.3 is 0 Å². The van der Waals surface area contributed by atoms with Crippen LogP contribution in [0.1, 0.15) is 32.1 Å². The summed E-state index contributed by atoms with van der Waals surface area (Å²) in [6.45, 7) is 4.57. The van der Waals surface area contributed by atoms with Crippen molar-refractivity contribution in [3.63, 3.8) is 0 Å². The van der Waals surface area contributed by atoms with E-state index in [0.717, 1.165) is 19.0 Å². The molecule has 2 unspecified atom stereocenters. The van der Waals surface area contributed by atoms with Gasteiger partial charge in [-0.15, -0.1) is 0 Å².